The van der Waals surface area contributed by atoms with Crippen molar-refractivity contribution in [1.29, 1.82) is 0 Å². The lowest BCUT2D eigenvalue weighted by Gasteiger charge is -2.14. The Morgan fingerprint density at radius 2 is 1.65 bits per heavy atom. The molecule has 9 heteroatoms. The van der Waals surface area contributed by atoms with Crippen LogP contribution in [0.25, 0.3) is 0 Å². The molecule has 4 rings (SSSR count). The van der Waals surface area contributed by atoms with Crippen molar-refractivity contribution in [2.45, 2.75) is 20.0 Å². The molecule has 0 unspecified atom stereocenters. The van der Waals surface area contributed by atoms with E-state index in [1.54, 1.807) is 48.5 Å². The van der Waals surface area contributed by atoms with Crippen LogP contribution in [0.5, 0.6) is 11.5 Å². The molecule has 7 nitrogen and oxygen atoms in total. The normalized spacial score (nSPS) is 10.8. The molecular weight excluding hydrogens is 577 g/mol. The zero-order chi connectivity index (χ0) is 28.3. The van der Waals surface area contributed by atoms with Crippen molar-refractivity contribution in [2.24, 2.45) is 5.10 Å². The van der Waals surface area contributed by atoms with Gasteiger partial charge in [0.2, 0.25) is 5.91 Å². The van der Waals surface area contributed by atoms with E-state index in [2.05, 4.69) is 31.8 Å². The van der Waals surface area contributed by atoms with E-state index in [1.165, 1.54) is 18.3 Å². The van der Waals surface area contributed by atoms with Gasteiger partial charge in [-0.2, -0.15) is 5.10 Å². The second kappa shape index (κ2) is 14.0. The van der Waals surface area contributed by atoms with E-state index in [0.717, 1.165) is 11.1 Å². The molecule has 2 amide bonds. The standard InChI is InChI=1S/C31H27BrFN3O4/c1-2-39-28-17-23(16-27(32)30(28)40-20-22-8-12-25(33)13-9-22)19-34-36-31(38)24-10-14-26(15-11-24)35-29(37)18-21-6-4-3-5-7-21/h3-17,19H,2,18,20H2,1H3,(H,35,37)(H,36,38)/b34-19-. The number of amides is 2. The molecule has 0 radical (unpaired) electrons. The molecule has 0 aliphatic carbocycles. The van der Waals surface area contributed by atoms with E-state index in [4.69, 9.17) is 9.47 Å². The van der Waals surface area contributed by atoms with Gasteiger partial charge < -0.3 is 14.8 Å². The maximum atomic E-state index is 13.2. The summed E-state index contributed by atoms with van der Waals surface area (Å²) < 4.78 is 25.5. The summed E-state index contributed by atoms with van der Waals surface area (Å²) in [6, 6.07) is 25.6. The van der Waals surface area contributed by atoms with Gasteiger partial charge in [-0.05, 0) is 88.1 Å². The molecule has 0 aliphatic rings. The Kier molecular flexibility index (Phi) is 10.0. The highest BCUT2D eigenvalue weighted by Gasteiger charge is 2.13. The van der Waals surface area contributed by atoms with Crippen LogP contribution < -0.4 is 20.2 Å². The summed E-state index contributed by atoms with van der Waals surface area (Å²) in [4.78, 5) is 24.8. The first-order chi connectivity index (χ1) is 19.4. The number of benzene rings is 4. The fourth-order valence-corrected chi connectivity index (χ4v) is 4.30. The van der Waals surface area contributed by atoms with Crippen LogP contribution in [0.2, 0.25) is 0 Å². The van der Waals surface area contributed by atoms with Crippen molar-refractivity contribution < 1.29 is 23.5 Å². The Labute approximate surface area is 240 Å². The van der Waals surface area contributed by atoms with Gasteiger partial charge in [0.05, 0.1) is 23.7 Å². The quantitative estimate of drug-likeness (QED) is 0.151. The Morgan fingerprint density at radius 3 is 2.35 bits per heavy atom. The van der Waals surface area contributed by atoms with Crippen molar-refractivity contribution in [3.05, 3.63) is 124 Å². The second-order valence-electron chi connectivity index (χ2n) is 8.67. The predicted molar refractivity (Wildman–Crippen MR) is 156 cm³/mol. The molecule has 2 N–H and O–H groups in total. The zero-order valence-corrected chi connectivity index (χ0v) is 23.3. The molecule has 204 valence electrons. The highest BCUT2D eigenvalue weighted by atomic mass is 79.9. The van der Waals surface area contributed by atoms with E-state index >= 15 is 0 Å². The highest BCUT2D eigenvalue weighted by Crippen LogP contribution is 2.37. The van der Waals surface area contributed by atoms with Crippen LogP contribution in [0.3, 0.4) is 0 Å². The first-order valence-electron chi connectivity index (χ1n) is 12.5. The van der Waals surface area contributed by atoms with Crippen LogP contribution in [0, 0.1) is 5.82 Å². The van der Waals surface area contributed by atoms with E-state index in [9.17, 15) is 14.0 Å². The van der Waals surface area contributed by atoms with Crippen LogP contribution in [0.15, 0.2) is 101 Å². The molecule has 0 aromatic heterocycles. The summed E-state index contributed by atoms with van der Waals surface area (Å²) >= 11 is 3.51. The molecule has 0 heterocycles. The number of rotatable bonds is 11. The minimum absolute atomic E-state index is 0.141. The monoisotopic (exact) mass is 603 g/mol. The Balaban J connectivity index is 1.34. The summed E-state index contributed by atoms with van der Waals surface area (Å²) in [5.74, 6) is 0.148. The molecule has 0 aliphatic heterocycles. The van der Waals surface area contributed by atoms with Crippen molar-refractivity contribution in [1.82, 2.24) is 5.43 Å². The molecule has 0 saturated heterocycles. The summed E-state index contributed by atoms with van der Waals surface area (Å²) in [7, 11) is 0. The van der Waals surface area contributed by atoms with Crippen LogP contribution in [-0.2, 0) is 17.8 Å². The smallest absolute Gasteiger partial charge is 0.271 e. The number of carbonyl (C=O) groups is 2. The van der Waals surface area contributed by atoms with E-state index in [-0.39, 0.29) is 24.8 Å². The lowest BCUT2D eigenvalue weighted by Crippen LogP contribution is -2.18. The van der Waals surface area contributed by atoms with Crippen LogP contribution in [0.1, 0.15) is 34.0 Å². The number of hydrogen-bond donors (Lipinski definition) is 2. The lowest BCUT2D eigenvalue weighted by molar-refractivity contribution is -0.115. The van der Waals surface area contributed by atoms with Gasteiger partial charge in [0.15, 0.2) is 11.5 Å². The molecule has 4 aromatic carbocycles. The third-order valence-corrected chi connectivity index (χ3v) is 6.24. The van der Waals surface area contributed by atoms with Crippen LogP contribution >= 0.6 is 15.9 Å². The second-order valence-corrected chi connectivity index (χ2v) is 9.52. The molecule has 0 spiro atoms. The Hall–Kier alpha value is -4.50. The SMILES string of the molecule is CCOc1cc(/C=N\NC(=O)c2ccc(NC(=O)Cc3ccccc3)cc2)cc(Br)c1OCc1ccc(F)cc1. The average Bonchev–Trinajstić information content (AvgIpc) is 2.94. The fourth-order valence-electron chi connectivity index (χ4n) is 3.72. The maximum absolute atomic E-state index is 13.2. The first-order valence-corrected chi connectivity index (χ1v) is 13.3. The van der Waals surface area contributed by atoms with Crippen molar-refractivity contribution in [2.75, 3.05) is 11.9 Å². The summed E-state index contributed by atoms with van der Waals surface area (Å²) in [5.41, 5.74) is 5.88. The van der Waals surface area contributed by atoms with Gasteiger partial charge in [-0.3, -0.25) is 9.59 Å². The van der Waals surface area contributed by atoms with Gasteiger partial charge in [-0.25, -0.2) is 9.82 Å². The van der Waals surface area contributed by atoms with Gasteiger partial charge in [0, 0.05) is 11.3 Å². The third-order valence-electron chi connectivity index (χ3n) is 5.65. The Morgan fingerprint density at radius 1 is 0.925 bits per heavy atom. The van der Waals surface area contributed by atoms with Crippen molar-refractivity contribution >= 4 is 39.6 Å². The Bertz CT molecular complexity index is 1480. The van der Waals surface area contributed by atoms with Gasteiger partial charge in [-0.1, -0.05) is 42.5 Å². The number of hydrogen-bond acceptors (Lipinski definition) is 5. The average molecular weight is 604 g/mol. The van der Waals surface area contributed by atoms with Crippen LogP contribution in [0.4, 0.5) is 10.1 Å². The minimum Gasteiger partial charge on any atom is -0.490 e. The fraction of sp³-hybridized carbons (Fsp3) is 0.129. The number of anilines is 1. The third kappa shape index (κ3) is 8.25. The van der Waals surface area contributed by atoms with Crippen LogP contribution in [-0.4, -0.2) is 24.6 Å². The number of nitrogens with one attached hydrogen (secondary N) is 2. The predicted octanol–water partition coefficient (Wildman–Crippen LogP) is 6.51. The molecule has 4 aromatic rings. The largest absolute Gasteiger partial charge is 0.490 e. The topological polar surface area (TPSA) is 89.0 Å². The number of halogens is 2. The minimum atomic E-state index is -0.401. The molecule has 0 fully saturated rings. The maximum Gasteiger partial charge on any atom is 0.271 e. The zero-order valence-electron chi connectivity index (χ0n) is 21.7. The molecule has 0 atom stereocenters. The summed E-state index contributed by atoms with van der Waals surface area (Å²) in [5, 5.41) is 6.89. The lowest BCUT2D eigenvalue weighted by atomic mass is 10.1. The first kappa shape index (κ1) is 28.5. The highest BCUT2D eigenvalue weighted by molar-refractivity contribution is 9.10. The number of nitrogens with zero attached hydrogens (tertiary/aromatic N) is 1. The molecule has 40 heavy (non-hydrogen) atoms. The van der Waals surface area contributed by atoms with Gasteiger partial charge in [-0.15, -0.1) is 0 Å². The van der Waals surface area contributed by atoms with E-state index < -0.39 is 5.91 Å². The molecule has 0 saturated carbocycles. The summed E-state index contributed by atoms with van der Waals surface area (Å²) in [6.07, 6.45) is 1.76. The van der Waals surface area contributed by atoms with Gasteiger partial charge >= 0.3 is 0 Å². The number of hydrazone groups is 1. The number of ether oxygens (including phenoxy) is 2. The van der Waals surface area contributed by atoms with Gasteiger partial charge in [0.25, 0.3) is 5.91 Å². The molecular formula is C31H27BrFN3O4. The van der Waals surface area contributed by atoms with E-state index in [0.29, 0.717) is 39.4 Å². The molecule has 0 bridgehead atoms. The number of carbonyl (C=O) groups excluding carboxylic acids is 2. The van der Waals surface area contributed by atoms with Crippen molar-refractivity contribution in [3.8, 4) is 11.5 Å². The van der Waals surface area contributed by atoms with E-state index in [1.807, 2.05) is 37.3 Å². The summed E-state index contributed by atoms with van der Waals surface area (Å²) in [6.45, 7) is 2.51. The van der Waals surface area contributed by atoms with Gasteiger partial charge in [0.1, 0.15) is 12.4 Å². The van der Waals surface area contributed by atoms with Crippen molar-refractivity contribution in [3.63, 3.8) is 0 Å².